The number of Topliss-reactive ketones (excluding diaryl/α,β-unsaturated/α-hetero) is 1. The Hall–Kier alpha value is -1.73. The van der Waals surface area contributed by atoms with Crippen LogP contribution in [0.1, 0.15) is 60.3 Å². The predicted octanol–water partition coefficient (Wildman–Crippen LogP) is 2.18. The van der Waals surface area contributed by atoms with E-state index in [1.165, 1.54) is 13.8 Å². The van der Waals surface area contributed by atoms with Gasteiger partial charge in [0.2, 0.25) is 0 Å². The van der Waals surface area contributed by atoms with Gasteiger partial charge in [-0.25, -0.2) is 0 Å². The van der Waals surface area contributed by atoms with Crippen molar-refractivity contribution < 1.29 is 34.1 Å². The Bertz CT molecular complexity index is 847. The van der Waals surface area contributed by atoms with Crippen LogP contribution in [-0.4, -0.2) is 52.4 Å². The predicted molar refractivity (Wildman–Crippen MR) is 111 cm³/mol. The summed E-state index contributed by atoms with van der Waals surface area (Å²) in [5.41, 5.74) is -2.01. The highest BCUT2D eigenvalue weighted by molar-refractivity contribution is 6.04. The molecule has 172 valence electrons. The van der Waals surface area contributed by atoms with E-state index in [2.05, 4.69) is 6.58 Å². The van der Waals surface area contributed by atoms with Crippen LogP contribution in [0.25, 0.3) is 0 Å². The third-order valence-corrected chi connectivity index (χ3v) is 9.23. The van der Waals surface area contributed by atoms with E-state index in [0.717, 1.165) is 0 Å². The van der Waals surface area contributed by atoms with Gasteiger partial charge in [0.1, 0.15) is 12.2 Å². The average Bonchev–Trinajstić information content (AvgIpc) is 2.83. The Balaban J connectivity index is 1.96. The number of rotatable bonds is 2. The van der Waals surface area contributed by atoms with Crippen LogP contribution in [-0.2, 0) is 23.9 Å². The average molecular weight is 435 g/mol. The van der Waals surface area contributed by atoms with Gasteiger partial charge in [0.05, 0.1) is 17.6 Å². The first-order valence-corrected chi connectivity index (χ1v) is 11.2. The van der Waals surface area contributed by atoms with Gasteiger partial charge in [0, 0.05) is 31.6 Å². The zero-order valence-electron chi connectivity index (χ0n) is 19.0. The van der Waals surface area contributed by atoms with Gasteiger partial charge in [0.15, 0.2) is 5.78 Å². The normalized spacial score (nSPS) is 47.9. The number of aliphatic hydroxyl groups excluding tert-OH is 2. The Labute approximate surface area is 183 Å². The summed E-state index contributed by atoms with van der Waals surface area (Å²) in [5.74, 6) is -2.01. The van der Waals surface area contributed by atoms with E-state index < -0.39 is 58.5 Å². The molecular weight excluding hydrogens is 400 g/mol. The van der Waals surface area contributed by atoms with Crippen LogP contribution >= 0.6 is 0 Å². The lowest BCUT2D eigenvalue weighted by molar-refractivity contribution is -0.274. The molecule has 0 heterocycles. The molecule has 4 saturated carbocycles. The number of hydrogen-bond acceptors (Lipinski definition) is 7. The summed E-state index contributed by atoms with van der Waals surface area (Å²) in [7, 11) is 0. The molecule has 1 spiro atoms. The van der Waals surface area contributed by atoms with Crippen molar-refractivity contribution in [2.24, 2.45) is 34.0 Å². The molecule has 4 rings (SSSR count). The van der Waals surface area contributed by atoms with Gasteiger partial charge in [0.25, 0.3) is 0 Å². The largest absolute Gasteiger partial charge is 0.462 e. The molecule has 0 radical (unpaired) electrons. The highest BCUT2D eigenvalue weighted by Crippen LogP contribution is 2.71. The summed E-state index contributed by atoms with van der Waals surface area (Å²) in [6.07, 6.45) is -1.50. The van der Waals surface area contributed by atoms with E-state index in [-0.39, 0.29) is 24.0 Å². The molecule has 9 atom stereocenters. The minimum absolute atomic E-state index is 0.140. The number of aliphatic hydroxyl groups is 2. The van der Waals surface area contributed by atoms with E-state index >= 15 is 0 Å². The lowest BCUT2D eigenvalue weighted by atomic mass is 9.38. The van der Waals surface area contributed by atoms with Gasteiger partial charge < -0.3 is 19.7 Å². The molecule has 0 amide bonds. The first-order valence-electron chi connectivity index (χ1n) is 11.2. The molecule has 2 bridgehead atoms. The maximum absolute atomic E-state index is 13.8. The molecule has 4 aliphatic carbocycles. The molecule has 0 saturated heterocycles. The van der Waals surface area contributed by atoms with Gasteiger partial charge in [-0.2, -0.15) is 0 Å². The summed E-state index contributed by atoms with van der Waals surface area (Å²) in [6, 6.07) is 0. The standard InChI is InChI=1S/C24H34O7/c1-11-14-7-15(30-12(2)25)20-23(6)16(22(4,5)17(27)9-18(23)28)8-19(31-13(3)26)24(20,10-14)21(11)29/h14-20,27-28H,1,7-10H2,2-6H3/t14-,15+,16-,17+,18+,19+,20+,23+,24+/m1/s1. The van der Waals surface area contributed by atoms with Crippen molar-refractivity contribution in [3.8, 4) is 0 Å². The van der Waals surface area contributed by atoms with Crippen LogP contribution in [0.5, 0.6) is 0 Å². The quantitative estimate of drug-likeness (QED) is 0.506. The van der Waals surface area contributed by atoms with E-state index in [9.17, 15) is 24.6 Å². The summed E-state index contributed by atoms with van der Waals surface area (Å²) in [6.45, 7) is 12.6. The molecule has 0 aromatic carbocycles. The third-order valence-electron chi connectivity index (χ3n) is 9.23. The second kappa shape index (κ2) is 6.88. The second-order valence-corrected chi connectivity index (χ2v) is 11.0. The fraction of sp³-hybridized carbons (Fsp3) is 0.792. The minimum Gasteiger partial charge on any atom is -0.462 e. The summed E-state index contributed by atoms with van der Waals surface area (Å²) in [5, 5.41) is 22.2. The zero-order valence-corrected chi connectivity index (χ0v) is 19.0. The highest BCUT2D eigenvalue weighted by Gasteiger charge is 2.76. The number of carbonyl (C=O) groups is 3. The summed E-state index contributed by atoms with van der Waals surface area (Å²) < 4.78 is 11.6. The number of hydrogen-bond donors (Lipinski definition) is 2. The number of esters is 2. The van der Waals surface area contributed by atoms with E-state index in [1.807, 2.05) is 20.8 Å². The number of ether oxygens (including phenoxy) is 2. The Morgan fingerprint density at radius 1 is 1.00 bits per heavy atom. The van der Waals surface area contributed by atoms with Gasteiger partial charge in [-0.15, -0.1) is 0 Å². The maximum atomic E-state index is 13.8. The van der Waals surface area contributed by atoms with Crippen molar-refractivity contribution in [3.63, 3.8) is 0 Å². The van der Waals surface area contributed by atoms with Gasteiger partial charge >= 0.3 is 11.9 Å². The van der Waals surface area contributed by atoms with Crippen molar-refractivity contribution >= 4 is 17.7 Å². The maximum Gasteiger partial charge on any atom is 0.302 e. The Morgan fingerprint density at radius 3 is 2.19 bits per heavy atom. The van der Waals surface area contributed by atoms with Crippen LogP contribution < -0.4 is 0 Å². The number of fused-ring (bicyclic) bond motifs is 3. The van der Waals surface area contributed by atoms with Crippen LogP contribution in [0.2, 0.25) is 0 Å². The molecule has 4 fully saturated rings. The highest BCUT2D eigenvalue weighted by atomic mass is 16.6. The van der Waals surface area contributed by atoms with Crippen molar-refractivity contribution in [2.75, 3.05) is 0 Å². The Kier molecular flexibility index (Phi) is 4.99. The third kappa shape index (κ3) is 2.81. The zero-order chi connectivity index (χ0) is 23.1. The first-order chi connectivity index (χ1) is 14.3. The van der Waals surface area contributed by atoms with Crippen LogP contribution in [0.4, 0.5) is 0 Å². The number of carbonyl (C=O) groups excluding carboxylic acids is 3. The van der Waals surface area contributed by atoms with E-state index in [0.29, 0.717) is 24.8 Å². The van der Waals surface area contributed by atoms with Crippen LogP contribution in [0, 0.1) is 34.0 Å². The van der Waals surface area contributed by atoms with Gasteiger partial charge in [-0.3, -0.25) is 14.4 Å². The summed E-state index contributed by atoms with van der Waals surface area (Å²) in [4.78, 5) is 37.9. The molecule has 0 aromatic heterocycles. The fourth-order valence-corrected chi connectivity index (χ4v) is 7.91. The second-order valence-electron chi connectivity index (χ2n) is 11.0. The van der Waals surface area contributed by atoms with Gasteiger partial charge in [-0.1, -0.05) is 27.4 Å². The van der Waals surface area contributed by atoms with E-state index in [1.54, 1.807) is 0 Å². The molecule has 0 aromatic rings. The molecule has 2 N–H and O–H groups in total. The summed E-state index contributed by atoms with van der Waals surface area (Å²) >= 11 is 0. The van der Waals surface area contributed by atoms with Crippen molar-refractivity contribution in [2.45, 2.75) is 84.7 Å². The number of ketones is 1. The monoisotopic (exact) mass is 434 g/mol. The SMILES string of the molecule is C=C1C(=O)[C@]23C[C@H]1C[C@H](OC(C)=O)[C@H]2[C@@]1(C)[C@H](C[C@@H]3OC(C)=O)C(C)(C)[C@@H](O)C[C@@H]1O. The molecule has 0 aliphatic heterocycles. The molecule has 4 aliphatic rings. The first kappa shape index (κ1) is 22.5. The van der Waals surface area contributed by atoms with Crippen LogP contribution in [0.3, 0.4) is 0 Å². The lowest BCUT2D eigenvalue weighted by Crippen LogP contribution is -2.72. The molecule has 31 heavy (non-hydrogen) atoms. The fourth-order valence-electron chi connectivity index (χ4n) is 7.91. The van der Waals surface area contributed by atoms with Crippen molar-refractivity contribution in [1.29, 1.82) is 0 Å². The van der Waals surface area contributed by atoms with Crippen molar-refractivity contribution in [1.82, 2.24) is 0 Å². The Morgan fingerprint density at radius 2 is 1.61 bits per heavy atom. The minimum atomic E-state index is -1.09. The smallest absolute Gasteiger partial charge is 0.302 e. The molecular formula is C24H34O7. The topological polar surface area (TPSA) is 110 Å². The van der Waals surface area contributed by atoms with Crippen LogP contribution in [0.15, 0.2) is 12.2 Å². The lowest BCUT2D eigenvalue weighted by Gasteiger charge is -2.67. The van der Waals surface area contributed by atoms with Gasteiger partial charge in [-0.05, 0) is 42.1 Å². The molecule has 7 heteroatoms. The molecule has 7 nitrogen and oxygen atoms in total. The number of allylic oxidation sites excluding steroid dienone is 1. The van der Waals surface area contributed by atoms with E-state index in [4.69, 9.17) is 9.47 Å². The van der Waals surface area contributed by atoms with Crippen molar-refractivity contribution in [3.05, 3.63) is 12.2 Å². The molecule has 0 unspecified atom stereocenters.